The molecule has 0 fully saturated rings. The Kier molecular flexibility index (Phi) is 9.53. The summed E-state index contributed by atoms with van der Waals surface area (Å²) in [6, 6.07) is 27.3. The largest absolute Gasteiger partial charge is 0.285 e. The first-order chi connectivity index (χ1) is 21.0. The van der Waals surface area contributed by atoms with Gasteiger partial charge in [0.25, 0.3) is 11.1 Å². The Bertz CT molecular complexity index is 1900. The smallest absolute Gasteiger partial charge is 0.275 e. The average molecular weight is 611 g/mol. The number of nitrogens with one attached hydrogen (secondary N) is 4. The molecular formula is C31H24Cl2N8O2. The molecule has 10 nitrogen and oxygen atoms in total. The summed E-state index contributed by atoms with van der Waals surface area (Å²) in [5.41, 5.74) is 10.4. The van der Waals surface area contributed by atoms with Crippen LogP contribution in [-0.2, 0) is 6.42 Å². The van der Waals surface area contributed by atoms with Gasteiger partial charge in [-0.3, -0.25) is 20.4 Å². The van der Waals surface area contributed by atoms with Crippen LogP contribution in [0.2, 0.25) is 10.0 Å². The van der Waals surface area contributed by atoms with Gasteiger partial charge in [0.2, 0.25) is 0 Å². The third-order valence-electron chi connectivity index (χ3n) is 6.16. The van der Waals surface area contributed by atoms with Gasteiger partial charge in [0.15, 0.2) is 0 Å². The van der Waals surface area contributed by atoms with Crippen molar-refractivity contribution in [3.05, 3.63) is 156 Å². The van der Waals surface area contributed by atoms with Crippen LogP contribution in [0.1, 0.15) is 22.3 Å². The van der Waals surface area contributed by atoms with Crippen LogP contribution in [0.15, 0.2) is 123 Å². The molecule has 5 aromatic rings. The topological polar surface area (TPSA) is 140 Å². The molecule has 43 heavy (non-hydrogen) atoms. The summed E-state index contributed by atoms with van der Waals surface area (Å²) in [4.78, 5) is 23.6. The quantitative estimate of drug-likeness (QED) is 0.117. The number of hydrogen-bond donors (Lipinski definition) is 4. The number of aromatic nitrogens is 4. The fraction of sp³-hybridized carbons (Fsp3) is 0.0323. The number of hydrazone groups is 2. The zero-order valence-corrected chi connectivity index (χ0v) is 24.0. The van der Waals surface area contributed by atoms with Crippen molar-refractivity contribution < 1.29 is 0 Å². The minimum atomic E-state index is -0.508. The van der Waals surface area contributed by atoms with Crippen LogP contribution in [0.4, 0.5) is 11.4 Å². The molecule has 2 aromatic heterocycles. The van der Waals surface area contributed by atoms with Gasteiger partial charge in [0.1, 0.15) is 21.4 Å². The fourth-order valence-corrected chi connectivity index (χ4v) is 4.20. The first-order valence-electron chi connectivity index (χ1n) is 13.0. The summed E-state index contributed by atoms with van der Waals surface area (Å²) in [6.45, 7) is 0. The SMILES string of the molecule is O=c1[nH]ncc(NN=C(C=Cc2ccc(CC(=NNc3cn[nH]c(=O)c3Cl)c3ccccc3)cc2)c2ccccc2)c1Cl. The highest BCUT2D eigenvalue weighted by Gasteiger charge is 2.09. The maximum atomic E-state index is 11.8. The van der Waals surface area contributed by atoms with Crippen molar-refractivity contribution in [1.82, 2.24) is 20.4 Å². The molecule has 4 N–H and O–H groups in total. The van der Waals surface area contributed by atoms with Gasteiger partial charge in [-0.05, 0) is 22.8 Å². The van der Waals surface area contributed by atoms with Gasteiger partial charge < -0.3 is 0 Å². The van der Waals surface area contributed by atoms with E-state index in [-0.39, 0.29) is 10.0 Å². The van der Waals surface area contributed by atoms with Crippen molar-refractivity contribution in [3.63, 3.8) is 0 Å². The molecule has 0 aliphatic carbocycles. The molecule has 0 aliphatic rings. The number of halogens is 2. The molecule has 0 bridgehead atoms. The Morgan fingerprint density at radius 2 is 1.26 bits per heavy atom. The molecule has 0 atom stereocenters. The molecule has 12 heteroatoms. The molecule has 0 radical (unpaired) electrons. The first kappa shape index (κ1) is 29.2. The van der Waals surface area contributed by atoms with Crippen LogP contribution in [0.25, 0.3) is 6.08 Å². The third-order valence-corrected chi connectivity index (χ3v) is 6.91. The van der Waals surface area contributed by atoms with Gasteiger partial charge in [0.05, 0.1) is 23.8 Å². The van der Waals surface area contributed by atoms with E-state index in [1.807, 2.05) is 97.1 Å². The summed E-state index contributed by atoms with van der Waals surface area (Å²) in [5, 5.41) is 21.1. The van der Waals surface area contributed by atoms with Gasteiger partial charge in [-0.25, -0.2) is 10.2 Å². The molecule has 0 unspecified atom stereocenters. The molecule has 5 rings (SSSR count). The predicted molar refractivity (Wildman–Crippen MR) is 172 cm³/mol. The van der Waals surface area contributed by atoms with Crippen LogP contribution in [0.3, 0.4) is 0 Å². The van der Waals surface area contributed by atoms with Crippen molar-refractivity contribution in [2.45, 2.75) is 6.42 Å². The maximum absolute atomic E-state index is 11.8. The van der Waals surface area contributed by atoms with Gasteiger partial charge in [-0.2, -0.15) is 20.4 Å². The number of allylic oxidation sites excluding steroid dienone is 1. The number of anilines is 2. The van der Waals surface area contributed by atoms with E-state index in [1.54, 1.807) is 0 Å². The van der Waals surface area contributed by atoms with E-state index in [0.717, 1.165) is 28.0 Å². The standard InChI is InChI=1S/C31H24Cl2N8O2/c32-28-26(18-34-40-30(28)42)38-36-24(22-7-3-1-4-8-22)16-15-20-11-13-21(14-12-20)17-25(23-9-5-2-6-10-23)37-39-27-19-35-41-31(43)29(27)33/h1-16,18-19H,17H2,(H2,38,40,42)(H2,39,41,43). The van der Waals surface area contributed by atoms with Crippen LogP contribution < -0.4 is 22.0 Å². The molecule has 0 spiro atoms. The highest BCUT2D eigenvalue weighted by Crippen LogP contribution is 2.18. The number of rotatable bonds is 10. The number of hydrogen-bond acceptors (Lipinski definition) is 8. The first-order valence-corrected chi connectivity index (χ1v) is 13.7. The van der Waals surface area contributed by atoms with Crippen molar-refractivity contribution in [3.8, 4) is 0 Å². The van der Waals surface area contributed by atoms with E-state index >= 15 is 0 Å². The van der Waals surface area contributed by atoms with Crippen molar-refractivity contribution in [1.29, 1.82) is 0 Å². The Morgan fingerprint density at radius 3 is 1.84 bits per heavy atom. The molecule has 3 aromatic carbocycles. The molecule has 2 heterocycles. The summed E-state index contributed by atoms with van der Waals surface area (Å²) >= 11 is 12.2. The molecule has 0 saturated heterocycles. The van der Waals surface area contributed by atoms with E-state index < -0.39 is 11.1 Å². The van der Waals surface area contributed by atoms with E-state index in [4.69, 9.17) is 23.2 Å². The van der Waals surface area contributed by atoms with Crippen molar-refractivity contribution >= 4 is 52.1 Å². The Morgan fingerprint density at radius 1 is 0.721 bits per heavy atom. The molecule has 0 amide bonds. The average Bonchev–Trinajstić information content (AvgIpc) is 3.04. The normalized spacial score (nSPS) is 12.0. The van der Waals surface area contributed by atoms with Crippen LogP contribution >= 0.6 is 23.2 Å². The highest BCUT2D eigenvalue weighted by molar-refractivity contribution is 6.33. The minimum absolute atomic E-state index is 0.0203. The number of nitrogens with zero attached hydrogens (tertiary/aromatic N) is 4. The zero-order valence-electron chi connectivity index (χ0n) is 22.5. The van der Waals surface area contributed by atoms with Crippen LogP contribution in [0.5, 0.6) is 0 Å². The third kappa shape index (κ3) is 7.70. The Balaban J connectivity index is 1.36. The lowest BCUT2D eigenvalue weighted by Crippen LogP contribution is -2.12. The predicted octanol–water partition coefficient (Wildman–Crippen LogP) is 5.75. The van der Waals surface area contributed by atoms with E-state index in [9.17, 15) is 9.59 Å². The van der Waals surface area contributed by atoms with Crippen molar-refractivity contribution in [2.75, 3.05) is 10.9 Å². The fourth-order valence-electron chi connectivity index (χ4n) is 3.93. The van der Waals surface area contributed by atoms with Crippen LogP contribution in [-0.4, -0.2) is 31.8 Å². The van der Waals surface area contributed by atoms with Crippen LogP contribution in [0, 0.1) is 0 Å². The number of benzene rings is 3. The van der Waals surface area contributed by atoms with E-state index in [1.165, 1.54) is 12.4 Å². The Labute approximate surface area is 255 Å². The summed E-state index contributed by atoms with van der Waals surface area (Å²) in [6.07, 6.45) is 7.12. The van der Waals surface area contributed by atoms with E-state index in [0.29, 0.717) is 23.5 Å². The number of aromatic amines is 2. The highest BCUT2D eigenvalue weighted by atomic mass is 35.5. The molecule has 0 aliphatic heterocycles. The summed E-state index contributed by atoms with van der Waals surface area (Å²) in [7, 11) is 0. The number of H-pyrrole nitrogens is 2. The second-order valence-corrected chi connectivity index (χ2v) is 9.87. The van der Waals surface area contributed by atoms with Gasteiger partial charge in [0, 0.05) is 12.0 Å². The summed E-state index contributed by atoms with van der Waals surface area (Å²) in [5.74, 6) is 0. The van der Waals surface area contributed by atoms with Crippen molar-refractivity contribution in [2.24, 2.45) is 10.2 Å². The molecule has 214 valence electrons. The lowest BCUT2D eigenvalue weighted by Gasteiger charge is -2.09. The molecule has 0 saturated carbocycles. The second kappa shape index (κ2) is 14.0. The van der Waals surface area contributed by atoms with E-state index in [2.05, 4.69) is 41.4 Å². The van der Waals surface area contributed by atoms with Gasteiger partial charge in [-0.15, -0.1) is 0 Å². The van der Waals surface area contributed by atoms with Gasteiger partial charge >= 0.3 is 0 Å². The van der Waals surface area contributed by atoms with Gasteiger partial charge in [-0.1, -0.05) is 114 Å². The minimum Gasteiger partial charge on any atom is -0.275 e. The molecular weight excluding hydrogens is 587 g/mol. The monoisotopic (exact) mass is 610 g/mol. The second-order valence-electron chi connectivity index (χ2n) is 9.12. The summed E-state index contributed by atoms with van der Waals surface area (Å²) < 4.78 is 0. The maximum Gasteiger partial charge on any atom is 0.285 e. The lowest BCUT2D eigenvalue weighted by atomic mass is 10.0. The lowest BCUT2D eigenvalue weighted by molar-refractivity contribution is 0.986. The Hall–Kier alpha value is -5.32. The zero-order chi connectivity index (χ0) is 30.0.